The van der Waals surface area contributed by atoms with Crippen molar-refractivity contribution in [2.75, 3.05) is 0 Å². The molecule has 1 aromatic carbocycles. The molecule has 1 rings (SSSR count). The van der Waals surface area contributed by atoms with Crippen LogP contribution in [0.4, 0.5) is 0 Å². The number of benzene rings is 1. The second-order valence-electron chi connectivity index (χ2n) is 9.63. The van der Waals surface area contributed by atoms with Gasteiger partial charge < -0.3 is 14.9 Å². The van der Waals surface area contributed by atoms with Gasteiger partial charge in [0.2, 0.25) is 0 Å². The summed E-state index contributed by atoms with van der Waals surface area (Å²) in [5, 5.41) is 20.5. The number of hydrogen-bond donors (Lipinski definition) is 2. The number of aliphatic carboxylic acids is 1. The second kappa shape index (κ2) is 20.0. The molecule has 0 aliphatic heterocycles. The first kappa shape index (κ1) is 29.6. The van der Waals surface area contributed by atoms with E-state index in [9.17, 15) is 15.0 Å². The predicted molar refractivity (Wildman–Crippen MR) is 137 cm³/mol. The highest BCUT2D eigenvalue weighted by molar-refractivity contribution is 5.70. The maximum atomic E-state index is 11.8. The Kier molecular flexibility index (Phi) is 18.0. The topological polar surface area (TPSA) is 66.8 Å². The molecule has 0 aliphatic carbocycles. The van der Waals surface area contributed by atoms with Gasteiger partial charge in [0, 0.05) is 6.42 Å². The van der Waals surface area contributed by atoms with Crippen molar-refractivity contribution in [3.8, 4) is 0 Å². The van der Waals surface area contributed by atoms with Gasteiger partial charge in [-0.25, -0.2) is 0 Å². The minimum atomic E-state index is -0.885. The molecule has 0 saturated carbocycles. The first-order valence-electron chi connectivity index (χ1n) is 13.6. The summed E-state index contributed by atoms with van der Waals surface area (Å²) in [4.78, 5) is 11.8. The van der Waals surface area contributed by atoms with Crippen LogP contribution in [0, 0.1) is 5.92 Å². The van der Waals surface area contributed by atoms with Crippen molar-refractivity contribution in [1.82, 2.24) is 0 Å². The molecule has 0 spiro atoms. The standard InChI is InChI=1S/C29H50O4/c1-3-5-7-9-10-11-12-13-17-21-26(33-24-25-19-15-14-16-20-25)23-28(30)27(29(31)32)22-18-8-6-4-2/h14-16,19-20,26-28,30H,3-13,17-18,21-24H2,1-2H3,(H,31,32)/t26-,27-,28+/m0/s1. The Morgan fingerprint density at radius 1 is 0.788 bits per heavy atom. The van der Waals surface area contributed by atoms with Crippen LogP contribution in [0.15, 0.2) is 30.3 Å². The predicted octanol–water partition coefficient (Wildman–Crippen LogP) is 7.91. The monoisotopic (exact) mass is 462 g/mol. The molecular weight excluding hydrogens is 412 g/mol. The molecule has 190 valence electrons. The van der Waals surface area contributed by atoms with E-state index in [0.717, 1.165) is 44.1 Å². The smallest absolute Gasteiger partial charge is 0.309 e. The molecule has 0 amide bonds. The minimum absolute atomic E-state index is 0.109. The zero-order chi connectivity index (χ0) is 24.2. The highest BCUT2D eigenvalue weighted by atomic mass is 16.5. The van der Waals surface area contributed by atoms with Crippen LogP contribution in [0.3, 0.4) is 0 Å². The van der Waals surface area contributed by atoms with Gasteiger partial charge in [-0.1, -0.05) is 128 Å². The number of carboxylic acids is 1. The Balaban J connectivity index is 2.49. The van der Waals surface area contributed by atoms with Gasteiger partial charge in [0.25, 0.3) is 0 Å². The van der Waals surface area contributed by atoms with E-state index >= 15 is 0 Å². The van der Waals surface area contributed by atoms with E-state index in [4.69, 9.17) is 4.74 Å². The van der Waals surface area contributed by atoms with E-state index in [-0.39, 0.29) is 6.10 Å². The lowest BCUT2D eigenvalue weighted by Crippen LogP contribution is -2.32. The van der Waals surface area contributed by atoms with Crippen LogP contribution in [0.2, 0.25) is 0 Å². The number of carboxylic acid groups (broad SMARTS) is 1. The van der Waals surface area contributed by atoms with Crippen molar-refractivity contribution in [3.05, 3.63) is 35.9 Å². The van der Waals surface area contributed by atoms with E-state index in [1.165, 1.54) is 51.4 Å². The zero-order valence-electron chi connectivity index (χ0n) is 21.4. The quantitative estimate of drug-likeness (QED) is 0.172. The fourth-order valence-electron chi connectivity index (χ4n) is 4.45. The molecule has 0 fully saturated rings. The Labute approximate surface area is 203 Å². The zero-order valence-corrected chi connectivity index (χ0v) is 21.4. The molecule has 0 aliphatic rings. The molecule has 4 nitrogen and oxygen atoms in total. The summed E-state index contributed by atoms with van der Waals surface area (Å²) in [6.45, 7) is 4.90. The van der Waals surface area contributed by atoms with Crippen molar-refractivity contribution >= 4 is 5.97 Å². The third-order valence-electron chi connectivity index (χ3n) is 6.61. The third-order valence-corrected chi connectivity index (χ3v) is 6.61. The number of unbranched alkanes of at least 4 members (excludes halogenated alkanes) is 11. The molecule has 0 radical (unpaired) electrons. The molecule has 33 heavy (non-hydrogen) atoms. The summed E-state index contributed by atoms with van der Waals surface area (Å²) in [7, 11) is 0. The van der Waals surface area contributed by atoms with Crippen LogP contribution in [-0.4, -0.2) is 28.4 Å². The number of ether oxygens (including phenoxy) is 1. The van der Waals surface area contributed by atoms with Gasteiger partial charge in [-0.3, -0.25) is 4.79 Å². The molecule has 0 aromatic heterocycles. The molecule has 0 unspecified atom stereocenters. The fraction of sp³-hybridized carbons (Fsp3) is 0.759. The number of carbonyl (C=O) groups is 1. The third kappa shape index (κ3) is 15.2. The van der Waals surface area contributed by atoms with E-state index in [1.807, 2.05) is 30.3 Å². The molecule has 2 N–H and O–H groups in total. The molecular formula is C29H50O4. The van der Waals surface area contributed by atoms with Crippen LogP contribution in [0.5, 0.6) is 0 Å². The second-order valence-corrected chi connectivity index (χ2v) is 9.63. The highest BCUT2D eigenvalue weighted by Gasteiger charge is 2.28. The van der Waals surface area contributed by atoms with Gasteiger partial charge in [-0.2, -0.15) is 0 Å². The Morgan fingerprint density at radius 3 is 1.88 bits per heavy atom. The van der Waals surface area contributed by atoms with E-state index in [2.05, 4.69) is 13.8 Å². The average Bonchev–Trinajstić information content (AvgIpc) is 2.81. The summed E-state index contributed by atoms with van der Waals surface area (Å²) in [6, 6.07) is 10.1. The van der Waals surface area contributed by atoms with Crippen molar-refractivity contribution < 1.29 is 19.7 Å². The number of aliphatic hydroxyl groups is 1. The normalized spacial score (nSPS) is 14.2. The first-order valence-corrected chi connectivity index (χ1v) is 13.6. The molecule has 0 bridgehead atoms. The minimum Gasteiger partial charge on any atom is -0.481 e. The summed E-state index contributed by atoms with van der Waals surface area (Å²) < 4.78 is 6.19. The molecule has 4 heteroatoms. The van der Waals surface area contributed by atoms with Gasteiger partial charge >= 0.3 is 5.97 Å². The van der Waals surface area contributed by atoms with Crippen molar-refractivity contribution in [1.29, 1.82) is 0 Å². The van der Waals surface area contributed by atoms with E-state index in [0.29, 0.717) is 19.4 Å². The maximum Gasteiger partial charge on any atom is 0.309 e. The highest BCUT2D eigenvalue weighted by Crippen LogP contribution is 2.23. The van der Waals surface area contributed by atoms with E-state index in [1.54, 1.807) is 0 Å². The van der Waals surface area contributed by atoms with Crippen LogP contribution < -0.4 is 0 Å². The van der Waals surface area contributed by atoms with Gasteiger partial charge in [0.05, 0.1) is 24.7 Å². The molecule has 3 atom stereocenters. The molecule has 0 heterocycles. The van der Waals surface area contributed by atoms with Crippen molar-refractivity contribution in [3.63, 3.8) is 0 Å². The van der Waals surface area contributed by atoms with Crippen molar-refractivity contribution in [2.24, 2.45) is 5.92 Å². The van der Waals surface area contributed by atoms with Gasteiger partial charge in [-0.05, 0) is 18.4 Å². The maximum absolute atomic E-state index is 11.8. The molecule has 1 aromatic rings. The lowest BCUT2D eigenvalue weighted by atomic mass is 9.90. The summed E-state index contributed by atoms with van der Waals surface area (Å²) >= 11 is 0. The lowest BCUT2D eigenvalue weighted by molar-refractivity contribution is -0.147. The summed E-state index contributed by atoms with van der Waals surface area (Å²) in [6.07, 6.45) is 16.4. The molecule has 0 saturated heterocycles. The fourth-order valence-corrected chi connectivity index (χ4v) is 4.45. The van der Waals surface area contributed by atoms with Crippen LogP contribution in [0.25, 0.3) is 0 Å². The number of hydrogen-bond acceptors (Lipinski definition) is 3. The Bertz CT molecular complexity index is 574. The number of rotatable bonds is 22. The van der Waals surface area contributed by atoms with Gasteiger partial charge in [-0.15, -0.1) is 0 Å². The number of aliphatic hydroxyl groups excluding tert-OH is 1. The van der Waals surface area contributed by atoms with Crippen LogP contribution in [-0.2, 0) is 16.1 Å². The Morgan fingerprint density at radius 2 is 1.30 bits per heavy atom. The summed E-state index contributed by atoms with van der Waals surface area (Å²) in [5.74, 6) is -1.59. The average molecular weight is 463 g/mol. The van der Waals surface area contributed by atoms with Crippen LogP contribution >= 0.6 is 0 Å². The largest absolute Gasteiger partial charge is 0.481 e. The van der Waals surface area contributed by atoms with Crippen LogP contribution in [0.1, 0.15) is 122 Å². The first-order chi connectivity index (χ1) is 16.1. The van der Waals surface area contributed by atoms with Gasteiger partial charge in [0.15, 0.2) is 0 Å². The SMILES string of the molecule is CCCCCCCCCCC[C@@H](C[C@@H](O)[C@H](CCCCCC)C(=O)O)OCc1ccccc1. The van der Waals surface area contributed by atoms with Crippen molar-refractivity contribution in [2.45, 2.75) is 135 Å². The van der Waals surface area contributed by atoms with Gasteiger partial charge in [0.1, 0.15) is 0 Å². The summed E-state index contributed by atoms with van der Waals surface area (Å²) in [5.41, 5.74) is 1.11. The van der Waals surface area contributed by atoms with E-state index < -0.39 is 18.0 Å². The lowest BCUT2D eigenvalue weighted by Gasteiger charge is -2.25. The Hall–Kier alpha value is -1.39.